The fourth-order valence-corrected chi connectivity index (χ4v) is 6.02. The molecule has 52 heavy (non-hydrogen) atoms. The van der Waals surface area contributed by atoms with Gasteiger partial charge in [-0.1, -0.05) is 116 Å². The molecule has 0 amide bonds. The molecule has 5 aromatic rings. The van der Waals surface area contributed by atoms with Crippen LogP contribution in [0, 0.1) is 0 Å². The van der Waals surface area contributed by atoms with Gasteiger partial charge in [0, 0.05) is 49.9 Å². The number of hydrogen-bond acceptors (Lipinski definition) is 2. The number of halogens is 2. The van der Waals surface area contributed by atoms with Crippen molar-refractivity contribution in [2.24, 2.45) is 7.05 Å². The van der Waals surface area contributed by atoms with E-state index in [1.807, 2.05) is 31.3 Å². The number of unbranched alkanes of at least 4 members (excludes halogenated alkanes) is 5. The highest BCUT2D eigenvalue weighted by molar-refractivity contribution is 5.81. The first-order chi connectivity index (χ1) is 24.4. The first-order valence-electron chi connectivity index (χ1n) is 18.0. The van der Waals surface area contributed by atoms with Crippen LogP contribution >= 0.6 is 0 Å². The number of aromatic nitrogens is 2. The molecule has 2 aromatic heterocycles. The number of benzene rings is 3. The van der Waals surface area contributed by atoms with Crippen LogP contribution in [0.2, 0.25) is 0 Å². The lowest BCUT2D eigenvalue weighted by atomic mass is 10.0. The molecule has 0 aliphatic rings. The molecule has 3 aromatic carbocycles. The van der Waals surface area contributed by atoms with E-state index in [-0.39, 0.29) is 39.7 Å². The third-order valence-corrected chi connectivity index (χ3v) is 9.01. The van der Waals surface area contributed by atoms with E-state index in [1.54, 1.807) is 6.92 Å². The van der Waals surface area contributed by atoms with Gasteiger partial charge in [0.05, 0.1) is 0 Å². The van der Waals surface area contributed by atoms with Gasteiger partial charge < -0.3 is 34.0 Å². The lowest BCUT2D eigenvalue weighted by Gasteiger charge is -2.04. The highest BCUT2D eigenvalue weighted by atomic mass is 79.9. The second-order valence-corrected chi connectivity index (χ2v) is 13.4. The van der Waals surface area contributed by atoms with E-state index in [0.29, 0.717) is 25.0 Å². The number of carbonyl (C=O) groups is 2. The van der Waals surface area contributed by atoms with Crippen LogP contribution in [0.5, 0.6) is 0 Å². The maximum Gasteiger partial charge on any atom is 0.169 e. The summed E-state index contributed by atoms with van der Waals surface area (Å²) in [7, 11) is 2.04. The first-order valence-corrected chi connectivity index (χ1v) is 18.0. The molecule has 0 spiro atoms. The monoisotopic (exact) mass is 820 g/mol. The van der Waals surface area contributed by atoms with Gasteiger partial charge in [-0.25, -0.2) is 9.13 Å². The van der Waals surface area contributed by atoms with Crippen LogP contribution in [-0.4, -0.2) is 11.6 Å². The van der Waals surface area contributed by atoms with Crippen molar-refractivity contribution in [1.82, 2.24) is 0 Å². The zero-order chi connectivity index (χ0) is 35.0. The minimum Gasteiger partial charge on any atom is -1.00 e. The molecule has 0 fully saturated rings. The Bertz CT molecular complexity index is 1860. The fraction of sp³-hybridized carbons (Fsp3) is 0.261. The van der Waals surface area contributed by atoms with Crippen molar-refractivity contribution in [3.05, 3.63) is 155 Å². The maximum atomic E-state index is 12.6. The topological polar surface area (TPSA) is 41.9 Å². The third kappa shape index (κ3) is 14.8. The zero-order valence-corrected chi connectivity index (χ0v) is 33.6. The number of pyridine rings is 2. The minimum atomic E-state index is 0. The van der Waals surface area contributed by atoms with Crippen molar-refractivity contribution in [2.75, 3.05) is 0 Å². The number of rotatable bonds is 18. The molecule has 0 aliphatic carbocycles. The van der Waals surface area contributed by atoms with Crippen molar-refractivity contribution in [1.29, 1.82) is 0 Å². The predicted molar refractivity (Wildman–Crippen MR) is 206 cm³/mol. The molecule has 0 N–H and O–H groups in total. The highest BCUT2D eigenvalue weighted by Crippen LogP contribution is 2.17. The van der Waals surface area contributed by atoms with E-state index < -0.39 is 0 Å². The Kier molecular flexibility index (Phi) is 18.3. The average molecular weight is 823 g/mol. The molecule has 4 nitrogen and oxygen atoms in total. The Balaban J connectivity index is 0.00000364. The average Bonchev–Trinajstić information content (AvgIpc) is 3.13. The van der Waals surface area contributed by atoms with Crippen molar-refractivity contribution < 1.29 is 52.7 Å². The highest BCUT2D eigenvalue weighted by Gasteiger charge is 2.06. The summed E-state index contributed by atoms with van der Waals surface area (Å²) in [5.41, 5.74) is 9.12. The van der Waals surface area contributed by atoms with Gasteiger partial charge in [-0.15, -0.1) is 0 Å². The van der Waals surface area contributed by atoms with Crippen molar-refractivity contribution in [3.8, 4) is 11.1 Å². The summed E-state index contributed by atoms with van der Waals surface area (Å²) < 4.78 is 4.32. The second kappa shape index (κ2) is 22.6. The number of hydrogen-bond donors (Lipinski definition) is 0. The molecular formula is C46H50Br2N2O2. The van der Waals surface area contributed by atoms with Crippen LogP contribution in [0.15, 0.2) is 122 Å². The first kappa shape index (κ1) is 42.2. The molecule has 0 saturated carbocycles. The van der Waals surface area contributed by atoms with E-state index in [4.69, 9.17) is 0 Å². The molecule has 0 atom stereocenters. The van der Waals surface area contributed by atoms with Gasteiger partial charge in [0.25, 0.3) is 0 Å². The second-order valence-electron chi connectivity index (χ2n) is 13.4. The SMILES string of the molecule is CC(=O)Cc1ccc(/C=C/c2ccc(/C=C/c3ccc(CC(=O)CCCCCCCC[n+]4ccc(-c5cc[n+](C)cc5)cc4)cc3)cc2)cc1.[Br-].[Br-]. The molecule has 270 valence electrons. The van der Waals surface area contributed by atoms with Gasteiger partial charge in [-0.3, -0.25) is 9.59 Å². The lowest BCUT2D eigenvalue weighted by molar-refractivity contribution is -0.697. The molecule has 0 aliphatic heterocycles. The third-order valence-electron chi connectivity index (χ3n) is 9.01. The molecule has 6 heteroatoms. The normalized spacial score (nSPS) is 11.0. The molecule has 5 rings (SSSR count). The van der Waals surface area contributed by atoms with E-state index in [9.17, 15) is 9.59 Å². The minimum absolute atomic E-state index is 0. The molecule has 0 radical (unpaired) electrons. The molecule has 0 bridgehead atoms. The van der Waals surface area contributed by atoms with Crippen LogP contribution in [0.25, 0.3) is 35.4 Å². The summed E-state index contributed by atoms with van der Waals surface area (Å²) in [6.07, 6.45) is 25.5. The van der Waals surface area contributed by atoms with Crippen LogP contribution < -0.4 is 43.1 Å². The number of carbonyl (C=O) groups excluding carboxylic acids is 2. The van der Waals surface area contributed by atoms with Crippen molar-refractivity contribution in [2.45, 2.75) is 71.3 Å². The van der Waals surface area contributed by atoms with Gasteiger partial charge >= 0.3 is 0 Å². The number of aryl methyl sites for hydroxylation is 2. The Hall–Kier alpha value is -4.26. The fourth-order valence-electron chi connectivity index (χ4n) is 6.02. The standard InChI is InChI=1S/C46H50N2O2.2BrH/c1-37(49)35-42-22-18-40(19-23-42)16-14-38-10-12-39(13-11-38)15-17-41-20-24-43(25-21-41)36-46(50)9-7-5-3-4-6-8-30-48-33-28-45(29-34-48)44-26-31-47(2)32-27-44;;/h10-29,31-34H,3-9,30,35-36H2,1-2H3;2*1H/q+2;;/p-2/b16-14+,17-15+;;. The summed E-state index contributed by atoms with van der Waals surface area (Å²) in [6.45, 7) is 2.66. The predicted octanol–water partition coefficient (Wildman–Crippen LogP) is 3.49. The summed E-state index contributed by atoms with van der Waals surface area (Å²) in [5.74, 6) is 0.508. The summed E-state index contributed by atoms with van der Waals surface area (Å²) >= 11 is 0. The van der Waals surface area contributed by atoms with E-state index in [0.717, 1.165) is 52.8 Å². The Labute approximate surface area is 331 Å². The van der Waals surface area contributed by atoms with Gasteiger partial charge in [-0.05, 0) is 64.3 Å². The maximum absolute atomic E-state index is 12.6. The smallest absolute Gasteiger partial charge is 0.169 e. The van der Waals surface area contributed by atoms with Gasteiger partial charge in [0.1, 0.15) is 25.2 Å². The summed E-state index contributed by atoms with van der Waals surface area (Å²) in [4.78, 5) is 23.9. The molecule has 2 heterocycles. The number of nitrogens with zero attached hydrogens (tertiary/aromatic N) is 2. The van der Waals surface area contributed by atoms with Gasteiger partial charge in [0.15, 0.2) is 24.8 Å². The number of ketones is 2. The zero-order valence-electron chi connectivity index (χ0n) is 30.4. The molecular weight excluding hydrogens is 772 g/mol. The van der Waals surface area contributed by atoms with Crippen molar-refractivity contribution in [3.63, 3.8) is 0 Å². The van der Waals surface area contributed by atoms with Gasteiger partial charge in [-0.2, -0.15) is 0 Å². The van der Waals surface area contributed by atoms with E-state index in [2.05, 4.69) is 131 Å². The Morgan fingerprint density at radius 3 is 1.35 bits per heavy atom. The van der Waals surface area contributed by atoms with Crippen LogP contribution in [0.3, 0.4) is 0 Å². The van der Waals surface area contributed by atoms with Crippen LogP contribution in [0.1, 0.15) is 85.3 Å². The van der Waals surface area contributed by atoms with Crippen molar-refractivity contribution >= 4 is 35.9 Å². The van der Waals surface area contributed by atoms with Gasteiger partial charge in [0.2, 0.25) is 0 Å². The number of Topliss-reactive ketones (excluding diaryl/α,β-unsaturated/α-hetero) is 2. The van der Waals surface area contributed by atoms with E-state index >= 15 is 0 Å². The Morgan fingerprint density at radius 2 is 0.885 bits per heavy atom. The lowest BCUT2D eigenvalue weighted by Crippen LogP contribution is -3.00. The van der Waals surface area contributed by atoms with E-state index in [1.165, 1.54) is 36.8 Å². The quantitative estimate of drug-likeness (QED) is 0.0773. The molecule has 0 saturated heterocycles. The summed E-state index contributed by atoms with van der Waals surface area (Å²) in [6, 6.07) is 33.6. The summed E-state index contributed by atoms with van der Waals surface area (Å²) in [5, 5.41) is 0. The largest absolute Gasteiger partial charge is 1.00 e. The molecule has 0 unspecified atom stereocenters. The van der Waals surface area contributed by atoms with Crippen LogP contribution in [0.4, 0.5) is 0 Å². The Morgan fingerprint density at radius 1 is 0.500 bits per heavy atom. The van der Waals surface area contributed by atoms with Crippen LogP contribution in [-0.2, 0) is 36.0 Å².